The van der Waals surface area contributed by atoms with Crippen LogP contribution in [0.3, 0.4) is 0 Å². The van der Waals surface area contributed by atoms with E-state index in [1.54, 1.807) is 20.2 Å². The van der Waals surface area contributed by atoms with Crippen molar-refractivity contribution in [2.24, 2.45) is 0 Å². The second kappa shape index (κ2) is 5.72. The van der Waals surface area contributed by atoms with E-state index in [-0.39, 0.29) is 11.9 Å². The van der Waals surface area contributed by atoms with Crippen molar-refractivity contribution in [1.29, 1.82) is 0 Å². The third kappa shape index (κ3) is 3.11. The molecule has 0 bridgehead atoms. The molecule has 16 heavy (non-hydrogen) atoms. The molecule has 1 amide bonds. The van der Waals surface area contributed by atoms with Crippen LogP contribution in [0.4, 0.5) is 10.7 Å². The van der Waals surface area contributed by atoms with Gasteiger partial charge in [0.25, 0.3) is 5.91 Å². The number of ether oxygens (including phenoxy) is 1. The summed E-state index contributed by atoms with van der Waals surface area (Å²) >= 11 is 1.34. The Labute approximate surface area is 99.0 Å². The first kappa shape index (κ1) is 12.8. The van der Waals surface area contributed by atoms with Gasteiger partial charge in [-0.3, -0.25) is 4.79 Å². The van der Waals surface area contributed by atoms with Gasteiger partial charge in [0.2, 0.25) is 0 Å². The minimum atomic E-state index is -0.157. The fourth-order valence-corrected chi connectivity index (χ4v) is 2.34. The molecule has 6 heteroatoms. The van der Waals surface area contributed by atoms with Gasteiger partial charge in [0.1, 0.15) is 4.88 Å². The van der Waals surface area contributed by atoms with Crippen molar-refractivity contribution in [3.05, 3.63) is 10.9 Å². The Morgan fingerprint density at radius 2 is 2.38 bits per heavy atom. The zero-order valence-corrected chi connectivity index (χ0v) is 10.5. The average Bonchev–Trinajstić information content (AvgIpc) is 2.58. The predicted octanol–water partition coefficient (Wildman–Crippen LogP) is 1.14. The number of methoxy groups -OCH3 is 1. The summed E-state index contributed by atoms with van der Waals surface area (Å²) < 4.78 is 5.01. The maximum absolute atomic E-state index is 11.4. The SMILES string of the molecule is CNC(=O)c1sc(NC(C)COC)cc1N. The van der Waals surface area contributed by atoms with Crippen molar-refractivity contribution in [1.82, 2.24) is 5.32 Å². The van der Waals surface area contributed by atoms with Crippen LogP contribution in [0.25, 0.3) is 0 Å². The van der Waals surface area contributed by atoms with E-state index < -0.39 is 0 Å². The Morgan fingerprint density at radius 1 is 1.69 bits per heavy atom. The summed E-state index contributed by atoms with van der Waals surface area (Å²) in [6.45, 7) is 2.60. The number of rotatable bonds is 5. The molecule has 0 radical (unpaired) electrons. The van der Waals surface area contributed by atoms with Crippen molar-refractivity contribution in [3.8, 4) is 0 Å². The summed E-state index contributed by atoms with van der Waals surface area (Å²) in [5.74, 6) is -0.157. The highest BCUT2D eigenvalue weighted by Crippen LogP contribution is 2.29. The minimum Gasteiger partial charge on any atom is -0.397 e. The molecule has 0 saturated heterocycles. The number of carbonyl (C=O) groups is 1. The van der Waals surface area contributed by atoms with E-state index in [9.17, 15) is 4.79 Å². The Bertz CT molecular complexity index is 365. The summed E-state index contributed by atoms with van der Waals surface area (Å²) in [7, 11) is 3.24. The summed E-state index contributed by atoms with van der Waals surface area (Å²) in [5.41, 5.74) is 6.24. The normalized spacial score (nSPS) is 12.2. The summed E-state index contributed by atoms with van der Waals surface area (Å²) in [6, 6.07) is 1.95. The number of hydrogen-bond acceptors (Lipinski definition) is 5. The summed E-state index contributed by atoms with van der Waals surface area (Å²) in [6.07, 6.45) is 0. The zero-order valence-electron chi connectivity index (χ0n) is 9.66. The minimum absolute atomic E-state index is 0.157. The van der Waals surface area contributed by atoms with Crippen molar-refractivity contribution >= 4 is 27.9 Å². The predicted molar refractivity (Wildman–Crippen MR) is 67.1 cm³/mol. The number of amides is 1. The lowest BCUT2D eigenvalue weighted by Crippen LogP contribution is -2.20. The highest BCUT2D eigenvalue weighted by atomic mass is 32.1. The first-order valence-corrected chi connectivity index (χ1v) is 5.77. The molecule has 0 aliphatic heterocycles. The Kier molecular flexibility index (Phi) is 4.57. The molecule has 4 N–H and O–H groups in total. The van der Waals surface area contributed by atoms with Crippen LogP contribution < -0.4 is 16.4 Å². The number of nitrogens with one attached hydrogen (secondary N) is 2. The van der Waals surface area contributed by atoms with Crippen LogP contribution in [-0.4, -0.2) is 32.7 Å². The van der Waals surface area contributed by atoms with Crippen molar-refractivity contribution in [2.75, 3.05) is 31.8 Å². The fraction of sp³-hybridized carbons (Fsp3) is 0.500. The van der Waals surface area contributed by atoms with Gasteiger partial charge in [0, 0.05) is 20.2 Å². The van der Waals surface area contributed by atoms with E-state index in [0.717, 1.165) is 5.00 Å². The molecule has 1 aromatic rings. The Balaban J connectivity index is 2.73. The van der Waals surface area contributed by atoms with Gasteiger partial charge in [-0.15, -0.1) is 11.3 Å². The maximum Gasteiger partial charge on any atom is 0.263 e. The fourth-order valence-electron chi connectivity index (χ4n) is 1.30. The number of anilines is 2. The Morgan fingerprint density at radius 3 is 2.94 bits per heavy atom. The number of nitrogens with two attached hydrogens (primary N) is 1. The third-order valence-electron chi connectivity index (χ3n) is 2.00. The molecule has 0 aliphatic rings. The highest BCUT2D eigenvalue weighted by Gasteiger charge is 2.13. The quantitative estimate of drug-likeness (QED) is 0.724. The zero-order chi connectivity index (χ0) is 12.1. The smallest absolute Gasteiger partial charge is 0.263 e. The van der Waals surface area contributed by atoms with Crippen molar-refractivity contribution in [2.45, 2.75) is 13.0 Å². The van der Waals surface area contributed by atoms with Gasteiger partial charge in [0.05, 0.1) is 17.3 Å². The van der Waals surface area contributed by atoms with Crippen LogP contribution in [0, 0.1) is 0 Å². The maximum atomic E-state index is 11.4. The average molecular weight is 243 g/mol. The lowest BCUT2D eigenvalue weighted by molar-refractivity contribution is 0.0968. The van der Waals surface area contributed by atoms with Crippen LogP contribution in [0.5, 0.6) is 0 Å². The van der Waals surface area contributed by atoms with E-state index in [1.165, 1.54) is 11.3 Å². The van der Waals surface area contributed by atoms with E-state index >= 15 is 0 Å². The molecule has 1 atom stereocenters. The van der Waals surface area contributed by atoms with Crippen LogP contribution in [0.1, 0.15) is 16.6 Å². The first-order chi connectivity index (χ1) is 7.58. The molecule has 5 nitrogen and oxygen atoms in total. The highest BCUT2D eigenvalue weighted by molar-refractivity contribution is 7.18. The molecule has 0 aromatic carbocycles. The van der Waals surface area contributed by atoms with Gasteiger partial charge in [-0.2, -0.15) is 0 Å². The molecule has 1 heterocycles. The van der Waals surface area contributed by atoms with Crippen molar-refractivity contribution < 1.29 is 9.53 Å². The van der Waals surface area contributed by atoms with Crippen LogP contribution in [0.2, 0.25) is 0 Å². The topological polar surface area (TPSA) is 76.4 Å². The number of thiophene rings is 1. The van der Waals surface area contributed by atoms with E-state index in [1.807, 2.05) is 6.92 Å². The van der Waals surface area contributed by atoms with Crippen LogP contribution in [0.15, 0.2) is 6.07 Å². The van der Waals surface area contributed by atoms with E-state index in [0.29, 0.717) is 17.2 Å². The molecule has 1 rings (SSSR count). The van der Waals surface area contributed by atoms with Gasteiger partial charge in [-0.05, 0) is 13.0 Å². The first-order valence-electron chi connectivity index (χ1n) is 4.95. The Hall–Kier alpha value is -1.27. The molecular formula is C10H17N3O2S. The molecule has 1 unspecified atom stereocenters. The molecular weight excluding hydrogens is 226 g/mol. The molecule has 0 saturated carbocycles. The lowest BCUT2D eigenvalue weighted by Gasteiger charge is -2.11. The number of carbonyl (C=O) groups excluding carboxylic acids is 1. The second-order valence-corrected chi connectivity index (χ2v) is 4.53. The largest absolute Gasteiger partial charge is 0.397 e. The van der Waals surface area contributed by atoms with Gasteiger partial charge >= 0.3 is 0 Å². The van der Waals surface area contributed by atoms with Crippen molar-refractivity contribution in [3.63, 3.8) is 0 Å². The standard InChI is InChI=1S/C10H17N3O2S/c1-6(5-15-3)13-8-4-7(11)9(16-8)10(14)12-2/h4,6,13H,5,11H2,1-3H3,(H,12,14). The molecule has 0 fully saturated rings. The van der Waals surface area contributed by atoms with Gasteiger partial charge < -0.3 is 21.1 Å². The molecule has 1 aromatic heterocycles. The second-order valence-electron chi connectivity index (χ2n) is 3.47. The van der Waals surface area contributed by atoms with Crippen LogP contribution >= 0.6 is 11.3 Å². The lowest BCUT2D eigenvalue weighted by atomic mass is 10.3. The monoisotopic (exact) mass is 243 g/mol. The van der Waals surface area contributed by atoms with E-state index in [4.69, 9.17) is 10.5 Å². The summed E-state index contributed by atoms with van der Waals surface area (Å²) in [4.78, 5) is 12.0. The third-order valence-corrected chi connectivity index (χ3v) is 3.08. The van der Waals surface area contributed by atoms with Gasteiger partial charge in [-0.25, -0.2) is 0 Å². The molecule has 0 spiro atoms. The molecule has 0 aliphatic carbocycles. The van der Waals surface area contributed by atoms with Gasteiger partial charge in [-0.1, -0.05) is 0 Å². The van der Waals surface area contributed by atoms with Crippen LogP contribution in [-0.2, 0) is 4.74 Å². The number of nitrogen functional groups attached to an aromatic ring is 1. The van der Waals surface area contributed by atoms with E-state index in [2.05, 4.69) is 10.6 Å². The molecule has 90 valence electrons. The summed E-state index contributed by atoms with van der Waals surface area (Å²) in [5, 5.41) is 6.65. The van der Waals surface area contributed by atoms with Gasteiger partial charge in [0.15, 0.2) is 0 Å². The number of hydrogen-bond donors (Lipinski definition) is 3.